The van der Waals surface area contributed by atoms with Crippen LogP contribution >= 0.6 is 22.7 Å². The second kappa shape index (κ2) is 6.38. The van der Waals surface area contributed by atoms with Crippen molar-refractivity contribution < 1.29 is 9.18 Å². The summed E-state index contributed by atoms with van der Waals surface area (Å²) in [5, 5.41) is 3.80. The Morgan fingerprint density at radius 1 is 1.28 bits per heavy atom. The van der Waals surface area contributed by atoms with Gasteiger partial charge >= 0.3 is 0 Å². The first-order valence-electron chi connectivity index (χ1n) is 7.49. The second-order valence-electron chi connectivity index (χ2n) is 5.49. The SMILES string of the molecule is Cn1ccsc1=NC(=O)Cc1csc2nc(-c3ccc(F)cc3)cn12. The summed E-state index contributed by atoms with van der Waals surface area (Å²) in [5.41, 5.74) is 2.43. The Balaban J connectivity index is 1.64. The van der Waals surface area contributed by atoms with Gasteiger partial charge in [-0.15, -0.1) is 22.7 Å². The van der Waals surface area contributed by atoms with Crippen molar-refractivity contribution in [1.82, 2.24) is 14.0 Å². The number of fused-ring (bicyclic) bond motifs is 1. The van der Waals surface area contributed by atoms with Gasteiger partial charge in [-0.1, -0.05) is 0 Å². The summed E-state index contributed by atoms with van der Waals surface area (Å²) in [4.78, 5) is 22.4. The van der Waals surface area contributed by atoms with E-state index in [1.54, 1.807) is 12.1 Å². The Bertz CT molecular complexity index is 1120. The van der Waals surface area contributed by atoms with E-state index in [-0.39, 0.29) is 18.1 Å². The molecule has 0 aliphatic carbocycles. The number of rotatable bonds is 3. The molecule has 0 saturated carbocycles. The first-order valence-corrected chi connectivity index (χ1v) is 9.25. The maximum atomic E-state index is 13.1. The lowest BCUT2D eigenvalue weighted by Gasteiger charge is -1.97. The van der Waals surface area contributed by atoms with Gasteiger partial charge in [-0.05, 0) is 24.3 Å². The summed E-state index contributed by atoms with van der Waals surface area (Å²) in [7, 11) is 1.86. The minimum absolute atomic E-state index is 0.199. The van der Waals surface area contributed by atoms with Crippen LogP contribution < -0.4 is 4.80 Å². The fraction of sp³-hybridized carbons (Fsp3) is 0.118. The molecule has 1 aromatic carbocycles. The Morgan fingerprint density at radius 3 is 2.80 bits per heavy atom. The van der Waals surface area contributed by atoms with Gasteiger partial charge in [0, 0.05) is 41.5 Å². The summed E-state index contributed by atoms with van der Waals surface area (Å²) >= 11 is 2.89. The standard InChI is InChI=1S/C17H13FN4OS2/c1-21-6-7-24-16(21)20-15(23)8-13-10-25-17-19-14(9-22(13)17)11-2-4-12(18)5-3-11/h2-7,9-10H,8H2,1H3. The molecule has 8 heteroatoms. The van der Waals surface area contributed by atoms with Crippen molar-refractivity contribution >= 4 is 33.5 Å². The number of carbonyl (C=O) groups is 1. The normalized spacial score (nSPS) is 12.2. The average Bonchev–Trinajstić information content (AvgIpc) is 3.27. The molecule has 0 N–H and O–H groups in total. The molecule has 0 fully saturated rings. The van der Waals surface area contributed by atoms with Crippen molar-refractivity contribution in [3.8, 4) is 11.3 Å². The monoisotopic (exact) mass is 372 g/mol. The van der Waals surface area contributed by atoms with E-state index < -0.39 is 0 Å². The molecule has 3 heterocycles. The lowest BCUT2D eigenvalue weighted by atomic mass is 10.2. The van der Waals surface area contributed by atoms with E-state index in [1.165, 1.54) is 34.8 Å². The van der Waals surface area contributed by atoms with E-state index in [4.69, 9.17) is 0 Å². The predicted molar refractivity (Wildman–Crippen MR) is 96.0 cm³/mol. The number of carbonyl (C=O) groups excluding carboxylic acids is 1. The quantitative estimate of drug-likeness (QED) is 0.554. The maximum absolute atomic E-state index is 13.1. The molecule has 3 aromatic heterocycles. The number of nitrogens with zero attached hydrogens (tertiary/aromatic N) is 4. The van der Waals surface area contributed by atoms with Gasteiger partial charge in [0.2, 0.25) is 0 Å². The first kappa shape index (κ1) is 15.9. The fourth-order valence-corrected chi connectivity index (χ4v) is 4.07. The van der Waals surface area contributed by atoms with Gasteiger partial charge < -0.3 is 4.57 Å². The zero-order valence-electron chi connectivity index (χ0n) is 13.2. The van der Waals surface area contributed by atoms with Gasteiger partial charge in [-0.3, -0.25) is 9.20 Å². The minimum atomic E-state index is -0.278. The smallest absolute Gasteiger partial charge is 0.254 e. The lowest BCUT2D eigenvalue weighted by molar-refractivity contribution is -0.117. The number of benzene rings is 1. The van der Waals surface area contributed by atoms with Crippen molar-refractivity contribution in [3.05, 3.63) is 63.7 Å². The summed E-state index contributed by atoms with van der Waals surface area (Å²) in [6.07, 6.45) is 3.94. The minimum Gasteiger partial charge on any atom is -0.327 e. The van der Waals surface area contributed by atoms with Crippen molar-refractivity contribution in [2.75, 3.05) is 0 Å². The molecule has 0 unspecified atom stereocenters. The van der Waals surface area contributed by atoms with E-state index in [0.29, 0.717) is 4.80 Å². The summed E-state index contributed by atoms with van der Waals surface area (Å²) in [5.74, 6) is -0.478. The predicted octanol–water partition coefficient (Wildman–Crippen LogP) is 3.27. The van der Waals surface area contributed by atoms with Crippen LogP contribution in [0.5, 0.6) is 0 Å². The van der Waals surface area contributed by atoms with Gasteiger partial charge in [0.05, 0.1) is 12.1 Å². The van der Waals surface area contributed by atoms with Crippen LogP contribution in [0.3, 0.4) is 0 Å². The molecule has 126 valence electrons. The molecule has 0 atom stereocenters. The van der Waals surface area contributed by atoms with E-state index in [0.717, 1.165) is 21.9 Å². The highest BCUT2D eigenvalue weighted by atomic mass is 32.1. The summed E-state index contributed by atoms with van der Waals surface area (Å²) in [6, 6.07) is 6.21. The summed E-state index contributed by atoms with van der Waals surface area (Å²) < 4.78 is 16.8. The highest BCUT2D eigenvalue weighted by Gasteiger charge is 2.12. The number of thiazole rings is 2. The van der Waals surface area contributed by atoms with Crippen molar-refractivity contribution in [3.63, 3.8) is 0 Å². The van der Waals surface area contributed by atoms with Crippen molar-refractivity contribution in [1.29, 1.82) is 0 Å². The number of imidazole rings is 1. The number of halogens is 1. The van der Waals surface area contributed by atoms with E-state index in [9.17, 15) is 9.18 Å². The van der Waals surface area contributed by atoms with Crippen LogP contribution in [0.2, 0.25) is 0 Å². The van der Waals surface area contributed by atoms with Crippen molar-refractivity contribution in [2.24, 2.45) is 12.0 Å². The number of aromatic nitrogens is 3. The Hall–Kier alpha value is -2.58. The largest absolute Gasteiger partial charge is 0.327 e. The van der Waals surface area contributed by atoms with Crippen LogP contribution in [0.25, 0.3) is 16.2 Å². The number of aryl methyl sites for hydroxylation is 1. The molecule has 0 aliphatic heterocycles. The van der Waals surface area contributed by atoms with E-state index in [2.05, 4.69) is 9.98 Å². The third-order valence-electron chi connectivity index (χ3n) is 3.74. The van der Waals surface area contributed by atoms with Crippen LogP contribution in [0.15, 0.2) is 52.4 Å². The van der Waals surface area contributed by atoms with Gasteiger partial charge in [0.1, 0.15) is 5.82 Å². The second-order valence-corrected chi connectivity index (χ2v) is 7.20. The van der Waals surface area contributed by atoms with Gasteiger partial charge in [0.25, 0.3) is 5.91 Å². The molecule has 5 nitrogen and oxygen atoms in total. The van der Waals surface area contributed by atoms with Crippen molar-refractivity contribution in [2.45, 2.75) is 6.42 Å². The fourth-order valence-electron chi connectivity index (χ4n) is 2.45. The molecule has 0 spiro atoms. The average molecular weight is 372 g/mol. The highest BCUT2D eigenvalue weighted by molar-refractivity contribution is 7.15. The molecule has 0 saturated heterocycles. The van der Waals surface area contributed by atoms with E-state index >= 15 is 0 Å². The molecule has 0 aliphatic rings. The van der Waals surface area contributed by atoms with Gasteiger partial charge in [-0.25, -0.2) is 9.37 Å². The third-order valence-corrected chi connectivity index (χ3v) is 5.47. The number of hydrogen-bond acceptors (Lipinski definition) is 4. The molecule has 4 rings (SSSR count). The highest BCUT2D eigenvalue weighted by Crippen LogP contribution is 2.24. The number of amides is 1. The molecule has 25 heavy (non-hydrogen) atoms. The number of hydrogen-bond donors (Lipinski definition) is 0. The lowest BCUT2D eigenvalue weighted by Crippen LogP contribution is -2.14. The van der Waals surface area contributed by atoms with Gasteiger partial charge in [0.15, 0.2) is 9.76 Å². The van der Waals surface area contributed by atoms with Crippen LogP contribution in [0.1, 0.15) is 5.69 Å². The zero-order chi connectivity index (χ0) is 17.4. The molecule has 0 bridgehead atoms. The Morgan fingerprint density at radius 2 is 2.08 bits per heavy atom. The Labute approximate surface area is 150 Å². The molecular weight excluding hydrogens is 359 g/mol. The summed E-state index contributed by atoms with van der Waals surface area (Å²) in [6.45, 7) is 0. The van der Waals surface area contributed by atoms with Crippen LogP contribution in [-0.4, -0.2) is 19.9 Å². The van der Waals surface area contributed by atoms with Crippen LogP contribution in [-0.2, 0) is 18.3 Å². The maximum Gasteiger partial charge on any atom is 0.254 e. The molecular formula is C17H13FN4OS2. The van der Waals surface area contributed by atoms with Gasteiger partial charge in [-0.2, -0.15) is 4.99 Å². The molecule has 1 amide bonds. The van der Waals surface area contributed by atoms with Crippen LogP contribution in [0, 0.1) is 5.82 Å². The zero-order valence-corrected chi connectivity index (χ0v) is 14.9. The van der Waals surface area contributed by atoms with E-state index in [1.807, 2.05) is 39.2 Å². The third kappa shape index (κ3) is 3.18. The topological polar surface area (TPSA) is 51.7 Å². The Kier molecular flexibility index (Phi) is 4.06. The molecule has 0 radical (unpaired) electrons. The molecule has 4 aromatic rings. The van der Waals surface area contributed by atoms with Crippen LogP contribution in [0.4, 0.5) is 4.39 Å². The first-order chi connectivity index (χ1) is 12.1.